The first-order chi connectivity index (χ1) is 16.8. The number of thiophene rings is 1. The average molecular weight is 533 g/mol. The fraction of sp³-hybridized carbons (Fsp3) is 0.280. The van der Waals surface area contributed by atoms with Crippen LogP contribution in [-0.4, -0.2) is 33.4 Å². The highest BCUT2D eigenvalue weighted by molar-refractivity contribution is 7.92. The van der Waals surface area contributed by atoms with Gasteiger partial charge in [0.15, 0.2) is 0 Å². The van der Waals surface area contributed by atoms with E-state index >= 15 is 0 Å². The van der Waals surface area contributed by atoms with Crippen molar-refractivity contribution in [3.8, 4) is 0 Å². The van der Waals surface area contributed by atoms with Gasteiger partial charge in [-0.15, -0.1) is 11.3 Å². The number of benzene rings is 2. The normalized spacial score (nSPS) is 13.1. The highest BCUT2D eigenvalue weighted by atomic mass is 35.5. The Kier molecular flexibility index (Phi) is 7.78. The van der Waals surface area contributed by atoms with Crippen LogP contribution in [0.3, 0.4) is 0 Å². The van der Waals surface area contributed by atoms with Crippen molar-refractivity contribution >= 4 is 55.5 Å². The van der Waals surface area contributed by atoms with E-state index in [1.165, 1.54) is 23.5 Å². The van der Waals surface area contributed by atoms with Gasteiger partial charge in [0.1, 0.15) is 11.5 Å². The molecule has 10 heteroatoms. The minimum atomic E-state index is -4.10. The summed E-state index contributed by atoms with van der Waals surface area (Å²) < 4.78 is 33.2. The number of nitrogens with one attached hydrogen (secondary N) is 1. The molecule has 0 bridgehead atoms. The van der Waals surface area contributed by atoms with E-state index in [0.29, 0.717) is 10.6 Å². The molecule has 184 valence electrons. The lowest BCUT2D eigenvalue weighted by atomic mass is 9.95. The van der Waals surface area contributed by atoms with Gasteiger partial charge in [-0.25, -0.2) is 13.2 Å². The Morgan fingerprint density at radius 1 is 1.06 bits per heavy atom. The SMILES string of the molecule is CCOC(=O)c1c(NC(=O)CN(c2ccccc2Cl)S(=O)(=O)c2ccccc2)sc2c1CCCC2. The van der Waals surface area contributed by atoms with E-state index in [-0.39, 0.29) is 22.2 Å². The van der Waals surface area contributed by atoms with E-state index in [9.17, 15) is 18.0 Å². The Hall–Kier alpha value is -2.88. The Labute approximate surface area is 213 Å². The number of halogens is 1. The van der Waals surface area contributed by atoms with Crippen molar-refractivity contribution in [1.82, 2.24) is 0 Å². The second kappa shape index (κ2) is 10.8. The van der Waals surface area contributed by atoms with E-state index in [1.54, 1.807) is 49.4 Å². The van der Waals surface area contributed by atoms with Gasteiger partial charge in [-0.2, -0.15) is 0 Å². The van der Waals surface area contributed by atoms with E-state index in [4.69, 9.17) is 16.3 Å². The summed E-state index contributed by atoms with van der Waals surface area (Å²) in [4.78, 5) is 27.0. The number of fused-ring (bicyclic) bond motifs is 1. The highest BCUT2D eigenvalue weighted by Crippen LogP contribution is 2.39. The number of esters is 1. The molecule has 7 nitrogen and oxygen atoms in total. The molecule has 1 aromatic heterocycles. The first-order valence-corrected chi connectivity index (χ1v) is 13.9. The molecule has 0 saturated carbocycles. The number of aryl methyl sites for hydroxylation is 1. The number of nitrogens with zero attached hydrogens (tertiary/aromatic N) is 1. The number of amides is 1. The van der Waals surface area contributed by atoms with Crippen LogP contribution in [0.15, 0.2) is 59.5 Å². The molecule has 3 aromatic rings. The van der Waals surface area contributed by atoms with E-state index in [0.717, 1.165) is 40.4 Å². The van der Waals surface area contributed by atoms with Crippen LogP contribution in [-0.2, 0) is 32.4 Å². The molecule has 0 atom stereocenters. The van der Waals surface area contributed by atoms with Crippen molar-refractivity contribution in [2.75, 3.05) is 22.8 Å². The molecule has 1 amide bonds. The van der Waals surface area contributed by atoms with Gasteiger partial charge in [0.05, 0.1) is 27.8 Å². The van der Waals surface area contributed by atoms with Crippen LogP contribution >= 0.6 is 22.9 Å². The lowest BCUT2D eigenvalue weighted by Gasteiger charge is -2.25. The third kappa shape index (κ3) is 5.37. The summed E-state index contributed by atoms with van der Waals surface area (Å²) in [7, 11) is -4.10. The number of hydrogen-bond donors (Lipinski definition) is 1. The number of para-hydroxylation sites is 1. The topological polar surface area (TPSA) is 92.8 Å². The summed E-state index contributed by atoms with van der Waals surface area (Å²) in [5.41, 5.74) is 1.47. The molecule has 1 aliphatic carbocycles. The zero-order valence-corrected chi connectivity index (χ0v) is 21.5. The Bertz CT molecular complexity index is 1340. The lowest BCUT2D eigenvalue weighted by molar-refractivity contribution is -0.114. The van der Waals surface area contributed by atoms with Gasteiger partial charge in [0.25, 0.3) is 10.0 Å². The zero-order valence-electron chi connectivity index (χ0n) is 19.1. The summed E-state index contributed by atoms with van der Waals surface area (Å²) >= 11 is 7.68. The van der Waals surface area contributed by atoms with Crippen LogP contribution in [0.1, 0.15) is 40.6 Å². The molecule has 4 rings (SSSR count). The monoisotopic (exact) mass is 532 g/mol. The number of carbonyl (C=O) groups is 2. The predicted octanol–water partition coefficient (Wildman–Crippen LogP) is 5.29. The van der Waals surface area contributed by atoms with Gasteiger partial charge in [-0.1, -0.05) is 41.9 Å². The summed E-state index contributed by atoms with van der Waals surface area (Å²) in [6.45, 7) is 1.42. The van der Waals surface area contributed by atoms with E-state index in [1.807, 2.05) is 0 Å². The molecule has 1 N–H and O–H groups in total. The van der Waals surface area contributed by atoms with Crippen molar-refractivity contribution < 1.29 is 22.7 Å². The van der Waals surface area contributed by atoms with Gasteiger partial charge in [0, 0.05) is 4.88 Å². The van der Waals surface area contributed by atoms with Crippen LogP contribution in [0.5, 0.6) is 0 Å². The van der Waals surface area contributed by atoms with Crippen molar-refractivity contribution in [2.24, 2.45) is 0 Å². The van der Waals surface area contributed by atoms with Gasteiger partial charge >= 0.3 is 5.97 Å². The summed E-state index contributed by atoms with van der Waals surface area (Å²) in [6.07, 6.45) is 3.54. The molecule has 0 unspecified atom stereocenters. The molecule has 0 aliphatic heterocycles. The van der Waals surface area contributed by atoms with Crippen LogP contribution in [0.2, 0.25) is 5.02 Å². The zero-order chi connectivity index (χ0) is 25.0. The van der Waals surface area contributed by atoms with Crippen LogP contribution in [0.25, 0.3) is 0 Å². The maximum Gasteiger partial charge on any atom is 0.341 e. The van der Waals surface area contributed by atoms with E-state index in [2.05, 4.69) is 5.32 Å². The van der Waals surface area contributed by atoms with Crippen molar-refractivity contribution in [3.05, 3.63) is 75.6 Å². The molecular weight excluding hydrogens is 508 g/mol. The van der Waals surface area contributed by atoms with Gasteiger partial charge in [-0.05, 0) is 62.4 Å². The first kappa shape index (κ1) is 25.2. The molecule has 35 heavy (non-hydrogen) atoms. The second-order valence-electron chi connectivity index (χ2n) is 7.96. The van der Waals surface area contributed by atoms with Gasteiger partial charge in [0.2, 0.25) is 5.91 Å². The Morgan fingerprint density at radius 3 is 2.46 bits per heavy atom. The molecule has 1 heterocycles. The standard InChI is InChI=1S/C25H25ClN2O5S2/c1-2-33-25(30)23-18-12-6-9-15-21(18)34-24(23)27-22(29)16-28(20-14-8-7-13-19(20)26)35(31,32)17-10-4-3-5-11-17/h3-5,7-8,10-11,13-14H,2,6,9,12,15-16H2,1H3,(H,27,29). The highest BCUT2D eigenvalue weighted by Gasteiger charge is 2.31. The summed E-state index contributed by atoms with van der Waals surface area (Å²) in [5, 5.41) is 3.36. The van der Waals surface area contributed by atoms with Crippen molar-refractivity contribution in [1.29, 1.82) is 0 Å². The van der Waals surface area contributed by atoms with Crippen LogP contribution in [0.4, 0.5) is 10.7 Å². The minimum absolute atomic E-state index is 0.0338. The van der Waals surface area contributed by atoms with E-state index < -0.39 is 28.4 Å². The number of hydrogen-bond acceptors (Lipinski definition) is 6. The maximum absolute atomic E-state index is 13.5. The molecule has 1 aliphatic rings. The quantitative estimate of drug-likeness (QED) is 0.398. The largest absolute Gasteiger partial charge is 0.462 e. The molecule has 0 fully saturated rings. The number of sulfonamides is 1. The lowest BCUT2D eigenvalue weighted by Crippen LogP contribution is -2.38. The molecule has 0 spiro atoms. The van der Waals surface area contributed by atoms with Crippen LogP contribution < -0.4 is 9.62 Å². The Morgan fingerprint density at radius 2 is 1.74 bits per heavy atom. The fourth-order valence-corrected chi connectivity index (χ4v) is 7.09. The molecular formula is C25H25ClN2O5S2. The third-order valence-electron chi connectivity index (χ3n) is 5.64. The third-order valence-corrected chi connectivity index (χ3v) is 8.94. The maximum atomic E-state index is 13.5. The molecule has 0 saturated heterocycles. The minimum Gasteiger partial charge on any atom is -0.462 e. The average Bonchev–Trinajstić information content (AvgIpc) is 3.21. The second-order valence-corrected chi connectivity index (χ2v) is 11.3. The van der Waals surface area contributed by atoms with Crippen molar-refractivity contribution in [2.45, 2.75) is 37.5 Å². The fourth-order valence-electron chi connectivity index (χ4n) is 4.04. The number of ether oxygens (including phenoxy) is 1. The van der Waals surface area contributed by atoms with Gasteiger partial charge < -0.3 is 10.1 Å². The molecule has 2 aromatic carbocycles. The van der Waals surface area contributed by atoms with Gasteiger partial charge in [-0.3, -0.25) is 9.10 Å². The number of carbonyl (C=O) groups excluding carboxylic acids is 2. The summed E-state index contributed by atoms with van der Waals surface area (Å²) in [6, 6.07) is 14.3. The summed E-state index contributed by atoms with van der Waals surface area (Å²) in [5.74, 6) is -1.07. The number of rotatable bonds is 8. The number of anilines is 2. The molecule has 0 radical (unpaired) electrons. The first-order valence-electron chi connectivity index (χ1n) is 11.3. The Balaban J connectivity index is 1.68. The smallest absolute Gasteiger partial charge is 0.341 e. The van der Waals surface area contributed by atoms with Crippen LogP contribution in [0, 0.1) is 0 Å². The predicted molar refractivity (Wildman–Crippen MR) is 138 cm³/mol. The van der Waals surface area contributed by atoms with Crippen molar-refractivity contribution in [3.63, 3.8) is 0 Å².